The summed E-state index contributed by atoms with van der Waals surface area (Å²) in [5, 5.41) is 0. The number of rotatable bonds is 0. The Hall–Kier alpha value is -0.410. The Morgan fingerprint density at radius 3 is 2.62 bits per heavy atom. The summed E-state index contributed by atoms with van der Waals surface area (Å²) in [5.74, 6) is 0. The van der Waals surface area contributed by atoms with Crippen LogP contribution in [-0.4, -0.2) is 10.5 Å². The molecule has 8 heavy (non-hydrogen) atoms. The summed E-state index contributed by atoms with van der Waals surface area (Å²) in [6, 6.07) is 0. The molecule has 2 nitrogen and oxygen atoms in total. The van der Waals surface area contributed by atoms with Gasteiger partial charge < -0.3 is 5.53 Å². The van der Waals surface area contributed by atoms with Gasteiger partial charge in [0.1, 0.15) is 3.58 Å². The average Bonchev–Trinajstić information content (AvgIpc) is 2.14. The van der Waals surface area contributed by atoms with Gasteiger partial charge in [0, 0.05) is 6.08 Å². The minimum absolute atomic E-state index is 0.644. The number of allylic oxidation sites excluding steroid dienone is 4. The maximum Gasteiger partial charge on any atom is 0.328 e. The van der Waals surface area contributed by atoms with E-state index in [0.29, 0.717) is 5.71 Å². The van der Waals surface area contributed by atoms with E-state index in [2.05, 4.69) is 27.4 Å². The molecule has 0 saturated carbocycles. The van der Waals surface area contributed by atoms with Gasteiger partial charge in [0.2, 0.25) is 0 Å². The van der Waals surface area contributed by atoms with E-state index < -0.39 is 0 Å². The highest BCUT2D eigenvalue weighted by Gasteiger charge is 2.10. The van der Waals surface area contributed by atoms with Gasteiger partial charge in [0.05, 0.1) is 0 Å². The van der Waals surface area contributed by atoms with Crippen LogP contribution in [-0.2, 0) is 0 Å². The van der Waals surface area contributed by atoms with Gasteiger partial charge in [-0.3, -0.25) is 0 Å². The first-order valence-electron chi connectivity index (χ1n) is 2.11. The molecule has 0 aromatic carbocycles. The third kappa shape index (κ3) is 0.877. The highest BCUT2D eigenvalue weighted by Crippen LogP contribution is 2.12. The zero-order chi connectivity index (χ0) is 5.98. The minimum atomic E-state index is 0.644. The van der Waals surface area contributed by atoms with Crippen LogP contribution in [0.2, 0.25) is 0 Å². The number of nitrogens with zero attached hydrogens (tertiary/aromatic N) is 2. The van der Waals surface area contributed by atoms with Crippen LogP contribution >= 0.6 is 22.6 Å². The van der Waals surface area contributed by atoms with Crippen LogP contribution in [0.15, 0.2) is 21.8 Å². The maximum atomic E-state index is 8.23. The van der Waals surface area contributed by atoms with Gasteiger partial charge in [-0.25, -0.2) is 0 Å². The molecule has 1 rings (SSSR count). The molecule has 0 bridgehead atoms. The summed E-state index contributed by atoms with van der Waals surface area (Å²) in [7, 11) is 0. The fourth-order valence-corrected chi connectivity index (χ4v) is 0.965. The summed E-state index contributed by atoms with van der Waals surface area (Å²) >= 11 is 2.10. The van der Waals surface area contributed by atoms with Crippen molar-refractivity contribution >= 4 is 28.3 Å². The topological polar surface area (TPSA) is 36.4 Å². The molecule has 0 fully saturated rings. The second-order valence-corrected chi connectivity index (χ2v) is 2.52. The lowest BCUT2D eigenvalue weighted by molar-refractivity contribution is -0.00145. The van der Waals surface area contributed by atoms with Crippen molar-refractivity contribution in [1.82, 2.24) is 0 Å². The molecule has 3 heteroatoms. The van der Waals surface area contributed by atoms with Crippen LogP contribution < -0.4 is 0 Å². The second kappa shape index (κ2) is 2.24. The highest BCUT2D eigenvalue weighted by atomic mass is 127. The van der Waals surface area contributed by atoms with E-state index in [0.717, 1.165) is 3.58 Å². The third-order valence-electron chi connectivity index (χ3n) is 0.849. The molecule has 0 saturated heterocycles. The van der Waals surface area contributed by atoms with Gasteiger partial charge in [-0.2, -0.15) is 4.79 Å². The first-order valence-corrected chi connectivity index (χ1v) is 3.19. The van der Waals surface area contributed by atoms with Crippen molar-refractivity contribution in [1.29, 1.82) is 0 Å². The van der Waals surface area contributed by atoms with Crippen LogP contribution in [0.1, 0.15) is 0 Å². The van der Waals surface area contributed by atoms with Gasteiger partial charge in [-0.15, -0.1) is 0 Å². The number of halogens is 1. The maximum absolute atomic E-state index is 8.23. The normalized spacial score (nSPS) is 16.1. The molecule has 1 aliphatic rings. The fraction of sp³-hybridized carbons (Fsp3) is 0. The van der Waals surface area contributed by atoms with Crippen molar-refractivity contribution in [2.45, 2.75) is 0 Å². The van der Waals surface area contributed by atoms with Crippen molar-refractivity contribution in [3.05, 3.63) is 27.3 Å². The van der Waals surface area contributed by atoms with E-state index in [4.69, 9.17) is 5.53 Å². The van der Waals surface area contributed by atoms with E-state index in [1.54, 1.807) is 6.08 Å². The summed E-state index contributed by atoms with van der Waals surface area (Å²) in [6.07, 6.45) is 5.48. The molecule has 0 spiro atoms. The molecular formula is C5H3IN2. The first-order chi connectivity index (χ1) is 3.84. The summed E-state index contributed by atoms with van der Waals surface area (Å²) in [4.78, 5) is 3.02. The van der Waals surface area contributed by atoms with Gasteiger partial charge >= 0.3 is 5.71 Å². The zero-order valence-electron chi connectivity index (χ0n) is 4.00. The molecule has 0 aromatic heterocycles. The van der Waals surface area contributed by atoms with Crippen molar-refractivity contribution in [2.24, 2.45) is 0 Å². The molecular weight excluding hydrogens is 215 g/mol. The molecule has 0 aliphatic heterocycles. The van der Waals surface area contributed by atoms with Crippen molar-refractivity contribution in [3.8, 4) is 0 Å². The van der Waals surface area contributed by atoms with Gasteiger partial charge in [-0.1, -0.05) is 6.08 Å². The highest BCUT2D eigenvalue weighted by molar-refractivity contribution is 14.1. The Morgan fingerprint density at radius 2 is 2.38 bits per heavy atom. The smallest absolute Gasteiger partial charge is 0.328 e. The molecule has 0 amide bonds. The Labute approximate surface area is 60.7 Å². The van der Waals surface area contributed by atoms with Crippen molar-refractivity contribution in [3.63, 3.8) is 0 Å². The van der Waals surface area contributed by atoms with E-state index in [1.807, 2.05) is 12.2 Å². The molecule has 0 N–H and O–H groups in total. The Morgan fingerprint density at radius 1 is 1.62 bits per heavy atom. The Bertz CT molecular complexity index is 208. The van der Waals surface area contributed by atoms with Crippen LogP contribution in [0, 0.1) is 0 Å². The predicted molar refractivity (Wildman–Crippen MR) is 39.9 cm³/mol. The Balaban J connectivity index is 3.05. The molecule has 0 atom stereocenters. The lowest BCUT2D eigenvalue weighted by atomic mass is 10.4. The SMILES string of the molecule is [N-]=[N+]=C1C=CC=C1I. The van der Waals surface area contributed by atoms with Crippen LogP contribution in [0.4, 0.5) is 0 Å². The summed E-state index contributed by atoms with van der Waals surface area (Å²) in [6.45, 7) is 0. The molecule has 40 valence electrons. The largest absolute Gasteiger partial charge is 0.361 e. The second-order valence-electron chi connectivity index (χ2n) is 1.36. The third-order valence-corrected chi connectivity index (χ3v) is 1.76. The van der Waals surface area contributed by atoms with E-state index in [-0.39, 0.29) is 0 Å². The van der Waals surface area contributed by atoms with Crippen molar-refractivity contribution in [2.75, 3.05) is 0 Å². The van der Waals surface area contributed by atoms with Gasteiger partial charge in [0.25, 0.3) is 0 Å². The average molecular weight is 218 g/mol. The molecule has 1 aliphatic carbocycles. The standard InChI is InChI=1S/C5H3IN2/c6-4-2-1-3-5(4)8-7/h1-3H. The zero-order valence-corrected chi connectivity index (χ0v) is 6.16. The fourth-order valence-electron chi connectivity index (χ4n) is 0.470. The van der Waals surface area contributed by atoms with E-state index >= 15 is 0 Å². The van der Waals surface area contributed by atoms with E-state index in [9.17, 15) is 0 Å². The molecule has 0 heterocycles. The predicted octanol–water partition coefficient (Wildman–Crippen LogP) is 1.55. The van der Waals surface area contributed by atoms with Crippen LogP contribution in [0.5, 0.6) is 0 Å². The monoisotopic (exact) mass is 218 g/mol. The van der Waals surface area contributed by atoms with Crippen molar-refractivity contribution < 1.29 is 4.79 Å². The van der Waals surface area contributed by atoms with Gasteiger partial charge in [0.15, 0.2) is 0 Å². The molecule has 0 aromatic rings. The molecule has 0 unspecified atom stereocenters. The molecule has 0 radical (unpaired) electrons. The minimum Gasteiger partial charge on any atom is -0.361 e. The number of hydrogen-bond donors (Lipinski definition) is 0. The quantitative estimate of drug-likeness (QED) is 0.336. The first kappa shape index (κ1) is 5.72. The number of hydrogen-bond acceptors (Lipinski definition) is 0. The lowest BCUT2D eigenvalue weighted by Gasteiger charge is -1.73. The Kier molecular flexibility index (Phi) is 1.60. The summed E-state index contributed by atoms with van der Waals surface area (Å²) in [5.41, 5.74) is 8.87. The van der Waals surface area contributed by atoms with Crippen LogP contribution in [0.25, 0.3) is 5.53 Å². The summed E-state index contributed by atoms with van der Waals surface area (Å²) < 4.78 is 0.977. The van der Waals surface area contributed by atoms with Crippen LogP contribution in [0.3, 0.4) is 0 Å². The lowest BCUT2D eigenvalue weighted by Crippen LogP contribution is -1.87. The van der Waals surface area contributed by atoms with Gasteiger partial charge in [-0.05, 0) is 28.7 Å². The van der Waals surface area contributed by atoms with E-state index in [1.165, 1.54) is 0 Å².